The van der Waals surface area contributed by atoms with Crippen LogP contribution in [0, 0.1) is 23.0 Å². The number of benzene rings is 2. The molecular formula is C20H25BrF2N2O4. The van der Waals surface area contributed by atoms with Crippen molar-refractivity contribution in [3.8, 4) is 17.6 Å². The molecule has 3 N–H and O–H groups in total. The standard InChI is InChI=1S/C10H14FNO2.C7H4FNO.C3H7BrO/c1-13-4-5-14-10-6-8(7-12)2-3-9(10)11;8-6-2-1-5(4-9)3-7(6)10;1-5-3-2-4/h2-3,6H,4-5,7,12H2,1H3;1-3,10H;2-3H2,1H3. The van der Waals surface area contributed by atoms with Gasteiger partial charge in [-0.15, -0.1) is 0 Å². The molecule has 0 fully saturated rings. The van der Waals surface area contributed by atoms with Gasteiger partial charge < -0.3 is 25.1 Å². The molecule has 0 radical (unpaired) electrons. The molecule has 0 unspecified atom stereocenters. The molecule has 0 aliphatic heterocycles. The SMILES string of the molecule is COCCBr.COCCOc1cc(CN)ccc1F.N#Cc1ccc(F)c(O)c1. The maximum atomic E-state index is 13.1. The van der Waals surface area contributed by atoms with E-state index in [0.29, 0.717) is 19.8 Å². The Bertz CT molecular complexity index is 756. The summed E-state index contributed by atoms with van der Waals surface area (Å²) in [5, 5.41) is 17.9. The van der Waals surface area contributed by atoms with Crippen LogP contribution in [0.4, 0.5) is 8.78 Å². The van der Waals surface area contributed by atoms with Gasteiger partial charge in [-0.3, -0.25) is 0 Å². The van der Waals surface area contributed by atoms with Crippen LogP contribution in [0.25, 0.3) is 0 Å². The van der Waals surface area contributed by atoms with Crippen molar-refractivity contribution in [2.75, 3.05) is 39.4 Å². The minimum Gasteiger partial charge on any atom is -0.505 e. The second kappa shape index (κ2) is 16.7. The molecule has 9 heteroatoms. The molecule has 6 nitrogen and oxygen atoms in total. The van der Waals surface area contributed by atoms with E-state index in [1.165, 1.54) is 12.1 Å². The van der Waals surface area contributed by atoms with Gasteiger partial charge in [0.1, 0.15) is 6.61 Å². The summed E-state index contributed by atoms with van der Waals surface area (Å²) in [5.41, 5.74) is 6.52. The molecule has 0 heterocycles. The Morgan fingerprint density at radius 3 is 2.17 bits per heavy atom. The van der Waals surface area contributed by atoms with Crippen LogP contribution in [0.15, 0.2) is 36.4 Å². The van der Waals surface area contributed by atoms with E-state index in [2.05, 4.69) is 20.7 Å². The third-order valence-corrected chi connectivity index (χ3v) is 3.46. The van der Waals surface area contributed by atoms with Gasteiger partial charge in [0.25, 0.3) is 0 Å². The predicted octanol–water partition coefficient (Wildman–Crippen LogP) is 3.74. The number of aromatic hydroxyl groups is 1. The first-order chi connectivity index (χ1) is 13.9. The summed E-state index contributed by atoms with van der Waals surface area (Å²) < 4.78 is 40.0. The Morgan fingerprint density at radius 1 is 1.03 bits per heavy atom. The van der Waals surface area contributed by atoms with Crippen LogP contribution < -0.4 is 10.5 Å². The van der Waals surface area contributed by atoms with E-state index in [4.69, 9.17) is 25.6 Å². The molecule has 2 aromatic carbocycles. The minimum atomic E-state index is -0.709. The lowest BCUT2D eigenvalue weighted by molar-refractivity contribution is 0.144. The lowest BCUT2D eigenvalue weighted by Gasteiger charge is -2.07. The predicted molar refractivity (Wildman–Crippen MR) is 110 cm³/mol. The van der Waals surface area contributed by atoms with Gasteiger partial charge in [-0.2, -0.15) is 5.26 Å². The first kappa shape index (κ1) is 26.8. The molecule has 0 saturated heterocycles. The number of nitrogens with two attached hydrogens (primary N) is 1. The number of alkyl halides is 1. The first-order valence-electron chi connectivity index (χ1n) is 8.47. The molecule has 0 aliphatic carbocycles. The largest absolute Gasteiger partial charge is 0.505 e. The highest BCUT2D eigenvalue weighted by Crippen LogP contribution is 2.18. The van der Waals surface area contributed by atoms with Gasteiger partial charge in [0.05, 0.1) is 24.8 Å². The average molecular weight is 475 g/mol. The quantitative estimate of drug-likeness (QED) is 0.468. The molecule has 0 saturated carbocycles. The normalized spacial score (nSPS) is 9.41. The first-order valence-corrected chi connectivity index (χ1v) is 9.59. The maximum Gasteiger partial charge on any atom is 0.165 e. The third kappa shape index (κ3) is 12.0. The molecule has 0 aromatic heterocycles. The van der Waals surface area contributed by atoms with Gasteiger partial charge in [0.2, 0.25) is 0 Å². The van der Waals surface area contributed by atoms with Crippen molar-refractivity contribution in [2.24, 2.45) is 5.73 Å². The van der Waals surface area contributed by atoms with Gasteiger partial charge in [0, 0.05) is 32.2 Å². The van der Waals surface area contributed by atoms with Crippen molar-refractivity contribution in [3.05, 3.63) is 59.2 Å². The summed E-state index contributed by atoms with van der Waals surface area (Å²) in [6, 6.07) is 9.79. The number of ether oxygens (including phenoxy) is 3. The van der Waals surface area contributed by atoms with Crippen molar-refractivity contribution in [2.45, 2.75) is 6.54 Å². The van der Waals surface area contributed by atoms with Crippen LogP contribution in [0.5, 0.6) is 11.5 Å². The lowest BCUT2D eigenvalue weighted by atomic mass is 10.2. The van der Waals surface area contributed by atoms with Crippen molar-refractivity contribution in [1.82, 2.24) is 0 Å². The van der Waals surface area contributed by atoms with Gasteiger partial charge >= 0.3 is 0 Å². The number of phenols is 1. The van der Waals surface area contributed by atoms with E-state index < -0.39 is 11.6 Å². The fraction of sp³-hybridized carbons (Fsp3) is 0.350. The molecule has 0 atom stereocenters. The molecule has 0 aliphatic rings. The minimum absolute atomic E-state index is 0.227. The number of methoxy groups -OCH3 is 2. The Kier molecular flexibility index (Phi) is 15.4. The average Bonchev–Trinajstić information content (AvgIpc) is 2.73. The Labute approximate surface area is 177 Å². The third-order valence-electron chi connectivity index (χ3n) is 3.13. The highest BCUT2D eigenvalue weighted by Gasteiger charge is 2.03. The van der Waals surface area contributed by atoms with Crippen LogP contribution >= 0.6 is 15.9 Å². The molecule has 160 valence electrons. The highest BCUT2D eigenvalue weighted by atomic mass is 79.9. The number of nitriles is 1. The summed E-state index contributed by atoms with van der Waals surface area (Å²) >= 11 is 3.18. The zero-order valence-electron chi connectivity index (χ0n) is 16.3. The van der Waals surface area contributed by atoms with Gasteiger partial charge in [-0.1, -0.05) is 22.0 Å². The summed E-state index contributed by atoms with van der Waals surface area (Å²) in [6.07, 6.45) is 0. The second-order valence-electron chi connectivity index (χ2n) is 5.27. The summed E-state index contributed by atoms with van der Waals surface area (Å²) in [5.74, 6) is -1.35. The molecule has 29 heavy (non-hydrogen) atoms. The van der Waals surface area contributed by atoms with Crippen LogP contribution in [0.3, 0.4) is 0 Å². The van der Waals surface area contributed by atoms with E-state index >= 15 is 0 Å². The summed E-state index contributed by atoms with van der Waals surface area (Å²) in [6.45, 7) is 1.95. The van der Waals surface area contributed by atoms with E-state index in [9.17, 15) is 8.78 Å². The second-order valence-corrected chi connectivity index (χ2v) is 6.06. The van der Waals surface area contributed by atoms with Gasteiger partial charge in [-0.05, 0) is 29.8 Å². The molecule has 0 bridgehead atoms. The van der Waals surface area contributed by atoms with Crippen LogP contribution in [-0.2, 0) is 16.0 Å². The van der Waals surface area contributed by atoms with Crippen molar-refractivity contribution < 1.29 is 28.1 Å². The maximum absolute atomic E-state index is 13.1. The number of hydrogen-bond donors (Lipinski definition) is 2. The summed E-state index contributed by atoms with van der Waals surface area (Å²) in [7, 11) is 3.25. The highest BCUT2D eigenvalue weighted by molar-refractivity contribution is 9.09. The summed E-state index contributed by atoms with van der Waals surface area (Å²) in [4.78, 5) is 0. The van der Waals surface area contributed by atoms with E-state index in [-0.39, 0.29) is 17.1 Å². The van der Waals surface area contributed by atoms with Crippen molar-refractivity contribution in [1.29, 1.82) is 5.26 Å². The van der Waals surface area contributed by atoms with Crippen LogP contribution in [-0.4, -0.2) is 44.5 Å². The van der Waals surface area contributed by atoms with Gasteiger partial charge in [-0.25, -0.2) is 8.78 Å². The van der Waals surface area contributed by atoms with Crippen LogP contribution in [0.1, 0.15) is 11.1 Å². The number of hydrogen-bond acceptors (Lipinski definition) is 6. The number of rotatable bonds is 7. The number of nitrogens with zero attached hydrogens (tertiary/aromatic N) is 1. The van der Waals surface area contributed by atoms with Crippen LogP contribution in [0.2, 0.25) is 0 Å². The Morgan fingerprint density at radius 2 is 1.69 bits per heavy atom. The van der Waals surface area contributed by atoms with Gasteiger partial charge in [0.15, 0.2) is 23.1 Å². The van der Waals surface area contributed by atoms with E-state index in [1.54, 1.807) is 32.4 Å². The Hall–Kier alpha value is -2.25. The molecule has 0 amide bonds. The van der Waals surface area contributed by atoms with Crippen molar-refractivity contribution >= 4 is 15.9 Å². The molecule has 0 spiro atoms. The number of phenolic OH excluding ortho intramolecular Hbond substituents is 1. The lowest BCUT2D eigenvalue weighted by Crippen LogP contribution is -2.06. The zero-order chi connectivity index (χ0) is 22.1. The molecular weight excluding hydrogens is 450 g/mol. The monoisotopic (exact) mass is 474 g/mol. The fourth-order valence-corrected chi connectivity index (χ4v) is 2.00. The fourth-order valence-electron chi connectivity index (χ4n) is 1.68. The zero-order valence-corrected chi connectivity index (χ0v) is 17.9. The van der Waals surface area contributed by atoms with Crippen molar-refractivity contribution in [3.63, 3.8) is 0 Å². The number of halogens is 3. The molecule has 2 aromatic rings. The van der Waals surface area contributed by atoms with E-state index in [0.717, 1.165) is 29.6 Å². The molecule has 2 rings (SSSR count). The smallest absolute Gasteiger partial charge is 0.165 e. The van der Waals surface area contributed by atoms with E-state index in [1.807, 2.05) is 0 Å². The topological polar surface area (TPSA) is 97.7 Å². The Balaban J connectivity index is 0.000000455.